The largest absolute Gasteiger partial charge is 0.419 e. The van der Waals surface area contributed by atoms with Gasteiger partial charge in [-0.05, 0) is 25.8 Å². The summed E-state index contributed by atoms with van der Waals surface area (Å²) < 4.78 is 39.0. The minimum absolute atomic E-state index is 0.157. The molecule has 1 aromatic heterocycles. The van der Waals surface area contributed by atoms with Crippen LogP contribution in [0.2, 0.25) is 0 Å². The first kappa shape index (κ1) is 14.9. The van der Waals surface area contributed by atoms with Crippen LogP contribution >= 0.6 is 0 Å². The molecule has 4 nitrogen and oxygen atoms in total. The summed E-state index contributed by atoms with van der Waals surface area (Å²) in [5.74, 6) is 0. The van der Waals surface area contributed by atoms with Crippen LogP contribution in [0.4, 0.5) is 13.2 Å². The molecule has 2 atom stereocenters. The average molecular weight is 286 g/mol. The molecule has 7 heteroatoms. The molecule has 0 aromatic carbocycles. The van der Waals surface area contributed by atoms with Crippen LogP contribution in [0.25, 0.3) is 0 Å². The summed E-state index contributed by atoms with van der Waals surface area (Å²) in [6.07, 6.45) is 0.183. The van der Waals surface area contributed by atoms with Crippen LogP contribution in [0.1, 0.15) is 44.2 Å². The number of hydrogen-bond donors (Lipinski definition) is 1. The first-order valence-electron chi connectivity index (χ1n) is 6.68. The summed E-state index contributed by atoms with van der Waals surface area (Å²) >= 11 is 0. The van der Waals surface area contributed by atoms with Crippen LogP contribution < -0.4 is 5.32 Å². The molecule has 1 heterocycles. The van der Waals surface area contributed by atoms with E-state index in [1.807, 2.05) is 6.92 Å². The average Bonchev–Trinajstić information content (AvgIpc) is 3.03. The van der Waals surface area contributed by atoms with Gasteiger partial charge in [0, 0.05) is 12.6 Å². The van der Waals surface area contributed by atoms with Crippen molar-refractivity contribution in [1.82, 2.24) is 15.1 Å². The van der Waals surface area contributed by atoms with E-state index in [9.17, 15) is 18.4 Å². The topological polar surface area (TPSA) is 53.6 Å². The number of aromatic nitrogens is 2. The Balaban J connectivity index is 2.09. The molecule has 1 aliphatic carbocycles. The lowest BCUT2D eigenvalue weighted by molar-refractivity contribution is -0.137. The Bertz CT molecular complexity index is 502. The van der Waals surface area contributed by atoms with Gasteiger partial charge in [0.05, 0.1) is 23.9 Å². The van der Waals surface area contributed by atoms with E-state index in [0.717, 1.165) is 25.4 Å². The normalized spacial score (nSPS) is 26.6. The number of nitrogens with zero attached hydrogens (tertiary/aromatic N) is 3. The van der Waals surface area contributed by atoms with Gasteiger partial charge in [-0.2, -0.15) is 23.5 Å². The zero-order valence-corrected chi connectivity index (χ0v) is 11.2. The van der Waals surface area contributed by atoms with Gasteiger partial charge in [-0.1, -0.05) is 6.92 Å². The number of rotatable bonds is 4. The van der Waals surface area contributed by atoms with E-state index in [-0.39, 0.29) is 6.04 Å². The zero-order chi connectivity index (χ0) is 14.8. The third kappa shape index (κ3) is 2.96. The fourth-order valence-electron chi connectivity index (χ4n) is 2.60. The number of halogens is 3. The van der Waals surface area contributed by atoms with Crippen LogP contribution in [0.5, 0.6) is 0 Å². The van der Waals surface area contributed by atoms with E-state index < -0.39 is 17.3 Å². The van der Waals surface area contributed by atoms with Crippen molar-refractivity contribution >= 4 is 0 Å². The molecule has 0 amide bonds. The second kappa shape index (κ2) is 5.44. The van der Waals surface area contributed by atoms with Crippen LogP contribution in [-0.2, 0) is 6.18 Å². The summed E-state index contributed by atoms with van der Waals surface area (Å²) in [5.41, 5.74) is -1.38. The van der Waals surface area contributed by atoms with E-state index in [1.165, 1.54) is 4.68 Å². The minimum Gasteiger partial charge on any atom is -0.299 e. The van der Waals surface area contributed by atoms with Crippen LogP contribution in [0.15, 0.2) is 12.4 Å². The van der Waals surface area contributed by atoms with Crippen LogP contribution in [0.3, 0.4) is 0 Å². The molecule has 1 saturated carbocycles. The van der Waals surface area contributed by atoms with E-state index in [0.29, 0.717) is 19.3 Å². The summed E-state index contributed by atoms with van der Waals surface area (Å²) in [6, 6.07) is 2.12. The van der Waals surface area contributed by atoms with Crippen molar-refractivity contribution in [3.8, 4) is 6.07 Å². The Kier molecular flexibility index (Phi) is 4.04. The maximum absolute atomic E-state index is 12.6. The molecule has 20 heavy (non-hydrogen) atoms. The molecule has 1 fully saturated rings. The first-order valence-corrected chi connectivity index (χ1v) is 6.68. The van der Waals surface area contributed by atoms with E-state index >= 15 is 0 Å². The van der Waals surface area contributed by atoms with Gasteiger partial charge in [-0.25, -0.2) is 0 Å². The lowest BCUT2D eigenvalue weighted by Gasteiger charge is -2.22. The molecule has 1 N–H and O–H groups in total. The lowest BCUT2D eigenvalue weighted by atomic mass is 9.99. The van der Waals surface area contributed by atoms with Gasteiger partial charge in [0.15, 0.2) is 0 Å². The van der Waals surface area contributed by atoms with Gasteiger partial charge in [0.2, 0.25) is 0 Å². The monoisotopic (exact) mass is 286 g/mol. The summed E-state index contributed by atoms with van der Waals surface area (Å²) in [4.78, 5) is 0. The highest BCUT2D eigenvalue weighted by Crippen LogP contribution is 2.38. The zero-order valence-electron chi connectivity index (χ0n) is 11.2. The van der Waals surface area contributed by atoms with Crippen molar-refractivity contribution in [3.63, 3.8) is 0 Å². The van der Waals surface area contributed by atoms with Gasteiger partial charge in [0.25, 0.3) is 0 Å². The Hall–Kier alpha value is -1.55. The quantitative estimate of drug-likeness (QED) is 0.926. The second-order valence-electron chi connectivity index (χ2n) is 5.22. The molecule has 0 aliphatic heterocycles. The third-order valence-corrected chi connectivity index (χ3v) is 3.72. The first-order chi connectivity index (χ1) is 9.40. The molecule has 110 valence electrons. The van der Waals surface area contributed by atoms with Crippen LogP contribution in [0, 0.1) is 11.3 Å². The maximum atomic E-state index is 12.6. The summed E-state index contributed by atoms with van der Waals surface area (Å²) in [5, 5.41) is 16.3. The number of nitriles is 1. The van der Waals surface area contributed by atoms with Gasteiger partial charge in [0.1, 0.15) is 5.54 Å². The van der Waals surface area contributed by atoms with Crippen molar-refractivity contribution in [2.75, 3.05) is 6.54 Å². The predicted molar refractivity (Wildman–Crippen MR) is 66.8 cm³/mol. The molecule has 0 spiro atoms. The highest BCUT2D eigenvalue weighted by atomic mass is 19.4. The molecule has 1 aliphatic rings. The van der Waals surface area contributed by atoms with Gasteiger partial charge >= 0.3 is 6.18 Å². The summed E-state index contributed by atoms with van der Waals surface area (Å²) in [6.45, 7) is 2.74. The minimum atomic E-state index is -4.37. The van der Waals surface area contributed by atoms with Crippen molar-refractivity contribution in [1.29, 1.82) is 5.26 Å². The molecule has 0 saturated heterocycles. The fourth-order valence-corrected chi connectivity index (χ4v) is 2.60. The predicted octanol–water partition coefficient (Wildman–Crippen LogP) is 2.89. The second-order valence-corrected chi connectivity index (χ2v) is 5.22. The van der Waals surface area contributed by atoms with Gasteiger partial charge < -0.3 is 0 Å². The molecule has 2 unspecified atom stereocenters. The van der Waals surface area contributed by atoms with Crippen molar-refractivity contribution < 1.29 is 13.2 Å². The molecule has 1 aromatic rings. The van der Waals surface area contributed by atoms with E-state index in [1.54, 1.807) is 0 Å². The number of alkyl halides is 3. The molecular formula is C13H17F3N4. The Labute approximate surface area is 115 Å². The van der Waals surface area contributed by atoms with E-state index in [4.69, 9.17) is 0 Å². The Morgan fingerprint density at radius 2 is 2.35 bits per heavy atom. The third-order valence-electron chi connectivity index (χ3n) is 3.72. The highest BCUT2D eigenvalue weighted by Gasteiger charge is 2.41. The SMILES string of the molecule is CCCNC1(C#N)CCC(n2cc(C(F)(F)F)cn2)C1. The molecule has 2 rings (SSSR count). The van der Waals surface area contributed by atoms with Gasteiger partial charge in [-0.3, -0.25) is 10.00 Å². The van der Waals surface area contributed by atoms with Gasteiger partial charge in [-0.15, -0.1) is 0 Å². The van der Waals surface area contributed by atoms with E-state index in [2.05, 4.69) is 16.5 Å². The standard InChI is InChI=1S/C13H17F3N4/c1-2-5-18-12(9-17)4-3-11(6-12)20-8-10(7-19-20)13(14,15)16/h7-8,11,18H,2-6H2,1H3. The highest BCUT2D eigenvalue weighted by molar-refractivity contribution is 5.14. The van der Waals surface area contributed by atoms with Crippen LogP contribution in [-0.4, -0.2) is 21.9 Å². The molecular weight excluding hydrogens is 269 g/mol. The number of nitrogens with one attached hydrogen (secondary N) is 1. The van der Waals surface area contributed by atoms with Crippen molar-refractivity contribution in [2.45, 2.75) is 50.4 Å². The smallest absolute Gasteiger partial charge is 0.299 e. The van der Waals surface area contributed by atoms with Crippen molar-refractivity contribution in [3.05, 3.63) is 18.0 Å². The number of hydrogen-bond acceptors (Lipinski definition) is 3. The fraction of sp³-hybridized carbons (Fsp3) is 0.692. The Morgan fingerprint density at radius 1 is 1.60 bits per heavy atom. The lowest BCUT2D eigenvalue weighted by Crippen LogP contribution is -2.42. The molecule has 0 radical (unpaired) electrons. The molecule has 0 bridgehead atoms. The van der Waals surface area contributed by atoms with Crippen molar-refractivity contribution in [2.24, 2.45) is 0 Å². The Morgan fingerprint density at radius 3 is 2.90 bits per heavy atom. The maximum Gasteiger partial charge on any atom is 0.419 e. The summed E-state index contributed by atoms with van der Waals surface area (Å²) in [7, 11) is 0.